The number of nitrogens with zero attached hydrogens (tertiary/aromatic N) is 2. The van der Waals surface area contributed by atoms with Crippen LogP contribution < -0.4 is 10.2 Å². The normalized spacial score (nSPS) is 25.7. The number of phenolic OH excluding ortho intramolecular Hbond substituents is 1. The molecule has 5 rings (SSSR count). The number of anilines is 1. The third-order valence-corrected chi connectivity index (χ3v) is 7.28. The van der Waals surface area contributed by atoms with E-state index in [0.717, 1.165) is 10.5 Å². The van der Waals surface area contributed by atoms with Crippen molar-refractivity contribution in [2.75, 3.05) is 4.90 Å². The number of aryl methyl sites for hydroxylation is 1. The van der Waals surface area contributed by atoms with Crippen molar-refractivity contribution < 1.29 is 24.6 Å². The van der Waals surface area contributed by atoms with Crippen LogP contribution in [0.15, 0.2) is 66.9 Å². The Kier molecular flexibility index (Phi) is 5.57. The monoisotopic (exact) mass is 491 g/mol. The molecule has 2 aromatic carbocycles. The van der Waals surface area contributed by atoms with Crippen LogP contribution in [0.3, 0.4) is 0 Å². The van der Waals surface area contributed by atoms with Crippen LogP contribution in [0.2, 0.25) is 5.02 Å². The molecule has 0 radical (unpaired) electrons. The number of pyridine rings is 1. The highest BCUT2D eigenvalue weighted by Gasteiger charge is 2.68. The number of aromatic hydroxyl groups is 1. The van der Waals surface area contributed by atoms with Crippen molar-refractivity contribution in [2.45, 2.75) is 24.9 Å². The molecule has 0 bridgehead atoms. The molecule has 0 saturated carbocycles. The van der Waals surface area contributed by atoms with Gasteiger partial charge in [-0.3, -0.25) is 24.7 Å². The lowest BCUT2D eigenvalue weighted by atomic mass is 9.76. The molecule has 2 saturated heterocycles. The van der Waals surface area contributed by atoms with E-state index in [-0.39, 0.29) is 12.2 Å². The van der Waals surface area contributed by atoms with Gasteiger partial charge in [-0.15, -0.1) is 0 Å². The number of carbonyl (C=O) groups is 3. The molecule has 4 atom stereocenters. The van der Waals surface area contributed by atoms with Crippen LogP contribution in [0.25, 0.3) is 0 Å². The van der Waals surface area contributed by atoms with Gasteiger partial charge in [-0.05, 0) is 54.4 Å². The maximum absolute atomic E-state index is 13.8. The zero-order valence-electron chi connectivity index (χ0n) is 18.7. The molecular weight excluding hydrogens is 470 g/mol. The van der Waals surface area contributed by atoms with Crippen LogP contribution in [-0.4, -0.2) is 38.5 Å². The number of halogens is 1. The Labute approximate surface area is 206 Å². The molecule has 3 aromatic rings. The number of aliphatic carboxylic acids is 1. The fraction of sp³-hybridized carbons (Fsp3) is 0.231. The quantitative estimate of drug-likeness (QED) is 0.468. The Morgan fingerprint density at radius 2 is 1.86 bits per heavy atom. The summed E-state index contributed by atoms with van der Waals surface area (Å²) in [6, 6.07) is 15.4. The highest BCUT2D eigenvalue weighted by Crippen LogP contribution is 2.50. The van der Waals surface area contributed by atoms with Gasteiger partial charge in [0.1, 0.15) is 11.3 Å². The van der Waals surface area contributed by atoms with E-state index in [9.17, 15) is 24.6 Å². The van der Waals surface area contributed by atoms with Crippen LogP contribution in [0, 0.1) is 18.8 Å². The van der Waals surface area contributed by atoms with Gasteiger partial charge >= 0.3 is 5.97 Å². The topological polar surface area (TPSA) is 120 Å². The number of aromatic nitrogens is 1. The maximum atomic E-state index is 13.8. The Balaban J connectivity index is 1.65. The van der Waals surface area contributed by atoms with Gasteiger partial charge in [0, 0.05) is 17.6 Å². The number of hydrogen-bond acceptors (Lipinski definition) is 6. The van der Waals surface area contributed by atoms with Gasteiger partial charge < -0.3 is 10.2 Å². The number of imide groups is 1. The zero-order valence-corrected chi connectivity index (χ0v) is 19.4. The molecule has 2 fully saturated rings. The van der Waals surface area contributed by atoms with Crippen LogP contribution in [0.4, 0.5) is 5.69 Å². The first-order valence-electron chi connectivity index (χ1n) is 11.1. The molecule has 0 spiro atoms. The summed E-state index contributed by atoms with van der Waals surface area (Å²) < 4.78 is 0. The number of amides is 2. The Morgan fingerprint density at radius 1 is 1.11 bits per heavy atom. The summed E-state index contributed by atoms with van der Waals surface area (Å²) in [6.45, 7) is 1.81. The summed E-state index contributed by atoms with van der Waals surface area (Å²) in [5, 5.41) is 23.7. The SMILES string of the molecule is Cc1ccc(N2C(=O)C3C(c4ccccn4)NC(Cc4ccc(O)cc4)(C(=O)O)C3C2=O)cc1Cl. The molecule has 9 heteroatoms. The van der Waals surface area contributed by atoms with Gasteiger partial charge in [0.2, 0.25) is 11.8 Å². The standard InChI is InChI=1S/C26H22ClN3O5/c1-14-5-8-16(12-18(14)27)30-23(32)20-21(24(30)33)26(25(34)35,13-15-6-9-17(31)10-7-15)29-22(20)19-4-2-3-11-28-19/h2-12,20-22,29,31H,13H2,1H3,(H,34,35). The van der Waals surface area contributed by atoms with Crippen LogP contribution in [0.1, 0.15) is 22.9 Å². The predicted octanol–water partition coefficient (Wildman–Crippen LogP) is 3.27. The summed E-state index contributed by atoms with van der Waals surface area (Å²) >= 11 is 6.27. The molecule has 178 valence electrons. The lowest BCUT2D eigenvalue weighted by Crippen LogP contribution is -2.57. The van der Waals surface area contributed by atoms with Gasteiger partial charge in [0.25, 0.3) is 0 Å². The zero-order chi connectivity index (χ0) is 24.9. The minimum absolute atomic E-state index is 0.0382. The maximum Gasteiger partial charge on any atom is 0.325 e. The number of phenols is 1. The number of carboxylic acids is 1. The van der Waals surface area contributed by atoms with E-state index in [1.165, 1.54) is 12.1 Å². The van der Waals surface area contributed by atoms with E-state index in [0.29, 0.717) is 22.0 Å². The first-order valence-corrected chi connectivity index (χ1v) is 11.4. The number of benzene rings is 2. The van der Waals surface area contributed by atoms with Crippen LogP contribution >= 0.6 is 11.6 Å². The van der Waals surface area contributed by atoms with Gasteiger partial charge in [-0.25, -0.2) is 4.90 Å². The number of fused-ring (bicyclic) bond motifs is 1. The highest BCUT2D eigenvalue weighted by atomic mass is 35.5. The molecule has 35 heavy (non-hydrogen) atoms. The highest BCUT2D eigenvalue weighted by molar-refractivity contribution is 6.32. The van der Waals surface area contributed by atoms with Gasteiger partial charge in [0.15, 0.2) is 0 Å². The van der Waals surface area contributed by atoms with E-state index in [1.54, 1.807) is 54.7 Å². The van der Waals surface area contributed by atoms with Crippen LogP contribution in [0.5, 0.6) is 5.75 Å². The van der Waals surface area contributed by atoms with Gasteiger partial charge in [-0.1, -0.05) is 35.9 Å². The first kappa shape index (κ1) is 23.0. The van der Waals surface area contributed by atoms with Crippen molar-refractivity contribution >= 4 is 35.1 Å². The van der Waals surface area contributed by atoms with Crippen LogP contribution in [-0.2, 0) is 20.8 Å². The van der Waals surface area contributed by atoms with Crippen molar-refractivity contribution in [2.24, 2.45) is 11.8 Å². The van der Waals surface area contributed by atoms with Crippen molar-refractivity contribution in [3.63, 3.8) is 0 Å². The summed E-state index contributed by atoms with van der Waals surface area (Å²) in [4.78, 5) is 45.9. The van der Waals surface area contributed by atoms with Crippen molar-refractivity contribution in [3.8, 4) is 5.75 Å². The summed E-state index contributed by atoms with van der Waals surface area (Å²) in [5.74, 6) is -4.48. The molecule has 2 amide bonds. The first-order chi connectivity index (χ1) is 16.7. The fourth-order valence-electron chi connectivity index (χ4n) is 5.16. The van der Waals surface area contributed by atoms with Gasteiger partial charge in [0.05, 0.1) is 29.3 Å². The molecule has 2 aliphatic heterocycles. The average Bonchev–Trinajstić information content (AvgIpc) is 3.32. The molecule has 1 aromatic heterocycles. The predicted molar refractivity (Wildman–Crippen MR) is 128 cm³/mol. The summed E-state index contributed by atoms with van der Waals surface area (Å²) in [5.41, 5.74) is 0.375. The second-order valence-electron chi connectivity index (χ2n) is 8.95. The lowest BCUT2D eigenvalue weighted by molar-refractivity contribution is -0.148. The number of rotatable bonds is 5. The third-order valence-electron chi connectivity index (χ3n) is 6.88. The Hall–Kier alpha value is -3.75. The van der Waals surface area contributed by atoms with Crippen molar-refractivity contribution in [1.82, 2.24) is 10.3 Å². The minimum atomic E-state index is -1.78. The summed E-state index contributed by atoms with van der Waals surface area (Å²) in [7, 11) is 0. The smallest absolute Gasteiger partial charge is 0.325 e. The largest absolute Gasteiger partial charge is 0.508 e. The number of carbonyl (C=O) groups excluding carboxylic acids is 2. The Bertz CT molecular complexity index is 1330. The fourth-order valence-corrected chi connectivity index (χ4v) is 5.34. The van der Waals surface area contributed by atoms with Gasteiger partial charge in [-0.2, -0.15) is 0 Å². The van der Waals surface area contributed by atoms with Crippen molar-refractivity contribution in [1.29, 1.82) is 0 Å². The van der Waals surface area contributed by atoms with E-state index in [4.69, 9.17) is 11.6 Å². The molecular formula is C26H22ClN3O5. The second kappa shape index (κ2) is 8.48. The molecule has 8 nitrogen and oxygen atoms in total. The molecule has 2 aliphatic rings. The number of carboxylic acid groups (broad SMARTS) is 1. The van der Waals surface area contributed by atoms with E-state index in [2.05, 4.69) is 10.3 Å². The van der Waals surface area contributed by atoms with E-state index >= 15 is 0 Å². The summed E-state index contributed by atoms with van der Waals surface area (Å²) in [6.07, 6.45) is 1.49. The lowest BCUT2D eigenvalue weighted by Gasteiger charge is -2.31. The van der Waals surface area contributed by atoms with Crippen molar-refractivity contribution in [3.05, 3.63) is 88.7 Å². The van der Waals surface area contributed by atoms with E-state index in [1.807, 2.05) is 6.92 Å². The minimum Gasteiger partial charge on any atom is -0.508 e. The third kappa shape index (κ3) is 3.66. The second-order valence-corrected chi connectivity index (χ2v) is 9.35. The van der Waals surface area contributed by atoms with E-state index < -0.39 is 41.2 Å². The molecule has 4 unspecified atom stereocenters. The number of hydrogen-bond donors (Lipinski definition) is 3. The number of nitrogens with one attached hydrogen (secondary N) is 1. The average molecular weight is 492 g/mol. The molecule has 3 heterocycles. The molecule has 0 aliphatic carbocycles. The molecule has 3 N–H and O–H groups in total. The Morgan fingerprint density at radius 3 is 2.49 bits per heavy atom.